The van der Waals surface area contributed by atoms with Crippen molar-refractivity contribution in [1.29, 1.82) is 0 Å². The predicted octanol–water partition coefficient (Wildman–Crippen LogP) is 5.20. The van der Waals surface area contributed by atoms with Gasteiger partial charge in [0.05, 0.1) is 19.2 Å². The lowest BCUT2D eigenvalue weighted by atomic mass is 10.0. The van der Waals surface area contributed by atoms with Gasteiger partial charge in [-0.25, -0.2) is 4.98 Å². The first kappa shape index (κ1) is 19.1. The molecule has 5 heteroatoms. The Hall–Kier alpha value is -2.66. The SMILES string of the molecule is COc1ccc(CC(=O)Nc2nc(-c3ccc(CC(C)C)cc3)cs2)cc1. The molecule has 3 aromatic rings. The van der Waals surface area contributed by atoms with Crippen molar-refractivity contribution >= 4 is 22.4 Å². The second-order valence-corrected chi connectivity index (χ2v) is 7.76. The molecule has 2 aromatic carbocycles. The minimum Gasteiger partial charge on any atom is -0.497 e. The Kier molecular flexibility index (Phi) is 6.24. The number of aromatic nitrogens is 1. The fraction of sp³-hybridized carbons (Fsp3) is 0.273. The van der Waals surface area contributed by atoms with Crippen molar-refractivity contribution in [2.24, 2.45) is 5.92 Å². The molecule has 0 aliphatic heterocycles. The molecule has 0 atom stereocenters. The van der Waals surface area contributed by atoms with Crippen LogP contribution in [0.25, 0.3) is 11.3 Å². The van der Waals surface area contributed by atoms with Crippen molar-refractivity contribution in [3.63, 3.8) is 0 Å². The zero-order valence-electron chi connectivity index (χ0n) is 15.9. The van der Waals surface area contributed by atoms with E-state index in [0.29, 0.717) is 17.5 Å². The lowest BCUT2D eigenvalue weighted by molar-refractivity contribution is -0.115. The molecule has 0 spiro atoms. The van der Waals surface area contributed by atoms with Crippen molar-refractivity contribution in [3.8, 4) is 17.0 Å². The maximum atomic E-state index is 12.3. The van der Waals surface area contributed by atoms with E-state index in [4.69, 9.17) is 4.74 Å². The quantitative estimate of drug-likeness (QED) is 0.613. The number of amides is 1. The number of nitrogens with zero attached hydrogens (tertiary/aromatic N) is 1. The van der Waals surface area contributed by atoms with Gasteiger partial charge in [-0.2, -0.15) is 0 Å². The van der Waals surface area contributed by atoms with E-state index in [-0.39, 0.29) is 5.91 Å². The monoisotopic (exact) mass is 380 g/mol. The third kappa shape index (κ3) is 5.41. The Morgan fingerprint density at radius 1 is 1.07 bits per heavy atom. The fourth-order valence-electron chi connectivity index (χ4n) is 2.84. The molecule has 1 amide bonds. The number of rotatable bonds is 7. The van der Waals surface area contributed by atoms with Gasteiger partial charge >= 0.3 is 0 Å². The zero-order valence-corrected chi connectivity index (χ0v) is 16.7. The van der Waals surface area contributed by atoms with Crippen molar-refractivity contribution in [1.82, 2.24) is 4.98 Å². The first-order valence-corrected chi connectivity index (χ1v) is 9.89. The molecule has 1 aromatic heterocycles. The van der Waals surface area contributed by atoms with E-state index in [1.165, 1.54) is 16.9 Å². The number of nitrogens with one attached hydrogen (secondary N) is 1. The van der Waals surface area contributed by atoms with Gasteiger partial charge in [0, 0.05) is 10.9 Å². The van der Waals surface area contributed by atoms with Gasteiger partial charge < -0.3 is 10.1 Å². The average molecular weight is 381 g/mol. The molecular formula is C22H24N2O2S. The first-order valence-electron chi connectivity index (χ1n) is 9.01. The van der Waals surface area contributed by atoms with Crippen LogP contribution in [0.2, 0.25) is 0 Å². The molecule has 3 rings (SSSR count). The first-order chi connectivity index (χ1) is 13.0. The van der Waals surface area contributed by atoms with Gasteiger partial charge in [0.25, 0.3) is 0 Å². The van der Waals surface area contributed by atoms with E-state index in [2.05, 4.69) is 48.4 Å². The predicted molar refractivity (Wildman–Crippen MR) is 111 cm³/mol. The van der Waals surface area contributed by atoms with E-state index in [1.807, 2.05) is 29.6 Å². The smallest absolute Gasteiger partial charge is 0.230 e. The standard InChI is InChI=1S/C22H24N2O2S/c1-15(2)12-16-4-8-18(9-5-16)20-14-27-22(23-20)24-21(25)13-17-6-10-19(26-3)11-7-17/h4-11,14-15H,12-13H2,1-3H3,(H,23,24,25). The summed E-state index contributed by atoms with van der Waals surface area (Å²) in [5.74, 6) is 1.35. The summed E-state index contributed by atoms with van der Waals surface area (Å²) in [6, 6.07) is 16.0. The lowest BCUT2D eigenvalue weighted by Crippen LogP contribution is -2.14. The molecule has 140 valence electrons. The minimum absolute atomic E-state index is 0.0756. The molecule has 0 aliphatic carbocycles. The molecule has 1 N–H and O–H groups in total. The number of anilines is 1. The molecule has 27 heavy (non-hydrogen) atoms. The largest absolute Gasteiger partial charge is 0.497 e. The second kappa shape index (κ2) is 8.82. The van der Waals surface area contributed by atoms with Gasteiger partial charge in [-0.15, -0.1) is 11.3 Å². The van der Waals surface area contributed by atoms with Crippen LogP contribution in [0.5, 0.6) is 5.75 Å². The lowest BCUT2D eigenvalue weighted by Gasteiger charge is -2.05. The summed E-state index contributed by atoms with van der Waals surface area (Å²) in [4.78, 5) is 16.8. The van der Waals surface area contributed by atoms with Crippen LogP contribution in [0, 0.1) is 5.92 Å². The van der Waals surface area contributed by atoms with Crippen molar-refractivity contribution < 1.29 is 9.53 Å². The summed E-state index contributed by atoms with van der Waals surface area (Å²) in [7, 11) is 1.62. The highest BCUT2D eigenvalue weighted by atomic mass is 32.1. The molecule has 1 heterocycles. The normalized spacial score (nSPS) is 10.8. The highest BCUT2D eigenvalue weighted by Gasteiger charge is 2.09. The summed E-state index contributed by atoms with van der Waals surface area (Å²) in [6.07, 6.45) is 1.38. The van der Waals surface area contributed by atoms with Crippen LogP contribution < -0.4 is 10.1 Å². The Bertz CT molecular complexity index is 883. The molecule has 0 aliphatic rings. The molecule has 0 radical (unpaired) electrons. The number of benzene rings is 2. The molecule has 0 unspecified atom stereocenters. The molecule has 0 saturated carbocycles. The van der Waals surface area contributed by atoms with Crippen LogP contribution in [0.4, 0.5) is 5.13 Å². The number of ether oxygens (including phenoxy) is 1. The highest BCUT2D eigenvalue weighted by Crippen LogP contribution is 2.25. The number of carbonyl (C=O) groups excluding carboxylic acids is 1. The number of hydrogen-bond acceptors (Lipinski definition) is 4. The summed E-state index contributed by atoms with van der Waals surface area (Å²) in [6.45, 7) is 4.44. The molecule has 4 nitrogen and oxygen atoms in total. The van der Waals surface area contributed by atoms with E-state index in [9.17, 15) is 4.79 Å². The number of thiazole rings is 1. The van der Waals surface area contributed by atoms with E-state index in [0.717, 1.165) is 29.0 Å². The summed E-state index contributed by atoms with van der Waals surface area (Å²) in [5, 5.41) is 5.48. The minimum atomic E-state index is -0.0756. The highest BCUT2D eigenvalue weighted by molar-refractivity contribution is 7.14. The maximum absolute atomic E-state index is 12.3. The van der Waals surface area contributed by atoms with Crippen LogP contribution in [0.3, 0.4) is 0 Å². The molecular weight excluding hydrogens is 356 g/mol. The third-order valence-electron chi connectivity index (χ3n) is 4.17. The van der Waals surface area contributed by atoms with Gasteiger partial charge in [0.2, 0.25) is 5.91 Å². The Morgan fingerprint density at radius 3 is 2.37 bits per heavy atom. The number of carbonyl (C=O) groups is 1. The summed E-state index contributed by atoms with van der Waals surface area (Å²) in [5.41, 5.74) is 4.22. The van der Waals surface area contributed by atoms with Gasteiger partial charge in [-0.05, 0) is 35.6 Å². The van der Waals surface area contributed by atoms with Crippen LogP contribution in [-0.2, 0) is 17.6 Å². The van der Waals surface area contributed by atoms with Crippen LogP contribution in [-0.4, -0.2) is 18.0 Å². The van der Waals surface area contributed by atoms with E-state index >= 15 is 0 Å². The Morgan fingerprint density at radius 2 is 1.74 bits per heavy atom. The summed E-state index contributed by atoms with van der Waals surface area (Å²) >= 11 is 1.44. The van der Waals surface area contributed by atoms with Crippen molar-refractivity contribution in [2.75, 3.05) is 12.4 Å². The second-order valence-electron chi connectivity index (χ2n) is 6.91. The molecule has 0 fully saturated rings. The Balaban J connectivity index is 1.60. The molecule has 0 saturated heterocycles. The van der Waals surface area contributed by atoms with Crippen LogP contribution in [0.15, 0.2) is 53.9 Å². The van der Waals surface area contributed by atoms with Crippen molar-refractivity contribution in [3.05, 3.63) is 65.0 Å². The number of methoxy groups -OCH3 is 1. The zero-order chi connectivity index (χ0) is 19.2. The average Bonchev–Trinajstić information content (AvgIpc) is 3.11. The number of hydrogen-bond donors (Lipinski definition) is 1. The topological polar surface area (TPSA) is 51.2 Å². The summed E-state index contributed by atoms with van der Waals surface area (Å²) < 4.78 is 5.13. The maximum Gasteiger partial charge on any atom is 0.230 e. The third-order valence-corrected chi connectivity index (χ3v) is 4.93. The van der Waals surface area contributed by atoms with E-state index < -0.39 is 0 Å². The Labute approximate surface area is 164 Å². The van der Waals surface area contributed by atoms with Gasteiger partial charge in [0.1, 0.15) is 5.75 Å². The fourth-order valence-corrected chi connectivity index (χ4v) is 3.57. The van der Waals surface area contributed by atoms with Gasteiger partial charge in [-0.3, -0.25) is 4.79 Å². The van der Waals surface area contributed by atoms with Crippen LogP contribution >= 0.6 is 11.3 Å². The van der Waals surface area contributed by atoms with Gasteiger partial charge in [0.15, 0.2) is 5.13 Å². The van der Waals surface area contributed by atoms with Crippen molar-refractivity contribution in [2.45, 2.75) is 26.7 Å². The van der Waals surface area contributed by atoms with Crippen LogP contribution in [0.1, 0.15) is 25.0 Å². The van der Waals surface area contributed by atoms with E-state index in [1.54, 1.807) is 7.11 Å². The molecule has 0 bridgehead atoms. The van der Waals surface area contributed by atoms with Gasteiger partial charge in [-0.1, -0.05) is 50.2 Å².